The molecule has 0 radical (unpaired) electrons. The zero-order valence-corrected chi connectivity index (χ0v) is 10.1. The fourth-order valence-corrected chi connectivity index (χ4v) is 1.22. The molecule has 1 unspecified atom stereocenters. The van der Waals surface area contributed by atoms with Crippen molar-refractivity contribution in [3.63, 3.8) is 0 Å². The van der Waals surface area contributed by atoms with E-state index in [1.54, 1.807) is 0 Å². The Bertz CT molecular complexity index is 284. The second-order valence-corrected chi connectivity index (χ2v) is 3.86. The first-order valence-electron chi connectivity index (χ1n) is 5.82. The molecule has 0 saturated heterocycles. The minimum Gasteiger partial charge on any atom is -0.494 e. The average molecular weight is 223 g/mol. The van der Waals surface area contributed by atoms with Crippen LogP contribution in [0.25, 0.3) is 0 Å². The average Bonchev–Trinajstić information content (AvgIpc) is 2.31. The Morgan fingerprint density at radius 1 is 1.19 bits per heavy atom. The normalized spacial score (nSPS) is 12.4. The van der Waals surface area contributed by atoms with Crippen LogP contribution in [0.2, 0.25) is 0 Å². The first kappa shape index (κ1) is 12.8. The largest absolute Gasteiger partial charge is 0.494 e. The summed E-state index contributed by atoms with van der Waals surface area (Å²) in [4.78, 5) is 0. The molecular weight excluding hydrogens is 202 g/mol. The molecule has 3 heteroatoms. The van der Waals surface area contributed by atoms with Crippen molar-refractivity contribution in [2.24, 2.45) is 0 Å². The monoisotopic (exact) mass is 223 g/mol. The SMILES string of the molecule is CCC(C)OCCCOc1ccc(N)cc1. The third kappa shape index (κ3) is 5.03. The van der Waals surface area contributed by atoms with E-state index >= 15 is 0 Å². The molecule has 0 aliphatic heterocycles. The molecule has 1 aromatic rings. The quantitative estimate of drug-likeness (QED) is 0.571. The van der Waals surface area contributed by atoms with Crippen LogP contribution in [0.5, 0.6) is 5.75 Å². The van der Waals surface area contributed by atoms with Crippen molar-refractivity contribution in [3.05, 3.63) is 24.3 Å². The number of ether oxygens (including phenoxy) is 2. The van der Waals surface area contributed by atoms with Gasteiger partial charge in [0.25, 0.3) is 0 Å². The second-order valence-electron chi connectivity index (χ2n) is 3.86. The van der Waals surface area contributed by atoms with Crippen LogP contribution < -0.4 is 10.5 Å². The molecule has 0 fully saturated rings. The first-order chi connectivity index (χ1) is 7.72. The van der Waals surface area contributed by atoms with E-state index in [0.29, 0.717) is 12.7 Å². The Morgan fingerprint density at radius 2 is 1.88 bits per heavy atom. The lowest BCUT2D eigenvalue weighted by Gasteiger charge is -2.10. The molecule has 0 spiro atoms. The highest BCUT2D eigenvalue weighted by Crippen LogP contribution is 2.13. The molecule has 1 aromatic carbocycles. The van der Waals surface area contributed by atoms with E-state index in [9.17, 15) is 0 Å². The smallest absolute Gasteiger partial charge is 0.119 e. The topological polar surface area (TPSA) is 44.5 Å². The summed E-state index contributed by atoms with van der Waals surface area (Å²) in [6.45, 7) is 5.64. The zero-order chi connectivity index (χ0) is 11.8. The fourth-order valence-electron chi connectivity index (χ4n) is 1.22. The summed E-state index contributed by atoms with van der Waals surface area (Å²) in [5.41, 5.74) is 6.33. The number of anilines is 1. The van der Waals surface area contributed by atoms with Gasteiger partial charge in [-0.15, -0.1) is 0 Å². The van der Waals surface area contributed by atoms with Crippen molar-refractivity contribution in [2.75, 3.05) is 18.9 Å². The minimum atomic E-state index is 0.344. The van der Waals surface area contributed by atoms with Crippen LogP contribution in [0.3, 0.4) is 0 Å². The van der Waals surface area contributed by atoms with Crippen LogP contribution in [0, 0.1) is 0 Å². The zero-order valence-electron chi connectivity index (χ0n) is 10.1. The number of benzene rings is 1. The molecule has 0 bridgehead atoms. The van der Waals surface area contributed by atoms with Gasteiger partial charge in [-0.3, -0.25) is 0 Å². The van der Waals surface area contributed by atoms with Gasteiger partial charge in [-0.1, -0.05) is 6.92 Å². The number of hydrogen-bond acceptors (Lipinski definition) is 3. The predicted molar refractivity (Wildman–Crippen MR) is 66.7 cm³/mol. The summed E-state index contributed by atoms with van der Waals surface area (Å²) < 4.78 is 11.1. The third-order valence-electron chi connectivity index (χ3n) is 2.41. The summed E-state index contributed by atoms with van der Waals surface area (Å²) in [6.07, 6.45) is 2.31. The highest BCUT2D eigenvalue weighted by atomic mass is 16.5. The van der Waals surface area contributed by atoms with Gasteiger partial charge in [-0.05, 0) is 37.6 Å². The van der Waals surface area contributed by atoms with Crippen LogP contribution >= 0.6 is 0 Å². The Hall–Kier alpha value is -1.22. The van der Waals surface area contributed by atoms with Crippen LogP contribution in [0.4, 0.5) is 5.69 Å². The van der Waals surface area contributed by atoms with Gasteiger partial charge in [-0.2, -0.15) is 0 Å². The standard InChI is InChI=1S/C13H21NO2/c1-3-11(2)15-9-4-10-16-13-7-5-12(14)6-8-13/h5-8,11H,3-4,9-10,14H2,1-2H3. The Morgan fingerprint density at radius 3 is 2.50 bits per heavy atom. The van der Waals surface area contributed by atoms with E-state index in [1.165, 1.54) is 0 Å². The van der Waals surface area contributed by atoms with Crippen molar-refractivity contribution in [1.29, 1.82) is 0 Å². The summed E-state index contributed by atoms with van der Waals surface area (Å²) in [5.74, 6) is 0.859. The van der Waals surface area contributed by atoms with E-state index in [0.717, 1.165) is 30.9 Å². The number of nitrogens with two attached hydrogens (primary N) is 1. The highest BCUT2D eigenvalue weighted by Gasteiger charge is 1.98. The number of nitrogen functional groups attached to an aromatic ring is 1. The van der Waals surface area contributed by atoms with E-state index in [2.05, 4.69) is 13.8 Å². The maximum absolute atomic E-state index is 5.58. The number of hydrogen-bond donors (Lipinski definition) is 1. The summed E-state index contributed by atoms with van der Waals surface area (Å²) in [6, 6.07) is 7.44. The van der Waals surface area contributed by atoms with Crippen LogP contribution in [0.1, 0.15) is 26.7 Å². The van der Waals surface area contributed by atoms with Crippen molar-refractivity contribution in [2.45, 2.75) is 32.8 Å². The second kappa shape index (κ2) is 7.12. The van der Waals surface area contributed by atoms with Crippen molar-refractivity contribution in [1.82, 2.24) is 0 Å². The van der Waals surface area contributed by atoms with Crippen molar-refractivity contribution >= 4 is 5.69 Å². The van der Waals surface area contributed by atoms with E-state index in [4.69, 9.17) is 15.2 Å². The summed E-state index contributed by atoms with van der Waals surface area (Å²) >= 11 is 0. The molecule has 0 aliphatic rings. The molecule has 2 N–H and O–H groups in total. The van der Waals surface area contributed by atoms with Crippen molar-refractivity contribution in [3.8, 4) is 5.75 Å². The minimum absolute atomic E-state index is 0.344. The van der Waals surface area contributed by atoms with Crippen molar-refractivity contribution < 1.29 is 9.47 Å². The number of rotatable bonds is 7. The molecule has 16 heavy (non-hydrogen) atoms. The van der Waals surface area contributed by atoms with Gasteiger partial charge in [0.15, 0.2) is 0 Å². The van der Waals surface area contributed by atoms with E-state index in [1.807, 2.05) is 24.3 Å². The molecule has 0 heterocycles. The molecular formula is C13H21NO2. The lowest BCUT2D eigenvalue weighted by atomic mass is 10.3. The third-order valence-corrected chi connectivity index (χ3v) is 2.41. The van der Waals surface area contributed by atoms with Gasteiger partial charge < -0.3 is 15.2 Å². The van der Waals surface area contributed by atoms with Gasteiger partial charge in [0.1, 0.15) is 5.75 Å². The van der Waals surface area contributed by atoms with Crippen LogP contribution in [-0.4, -0.2) is 19.3 Å². The molecule has 0 aliphatic carbocycles. The molecule has 1 rings (SSSR count). The van der Waals surface area contributed by atoms with Gasteiger partial charge in [0.2, 0.25) is 0 Å². The maximum atomic E-state index is 5.58. The van der Waals surface area contributed by atoms with Gasteiger partial charge in [-0.25, -0.2) is 0 Å². The molecule has 3 nitrogen and oxygen atoms in total. The molecule has 0 amide bonds. The Balaban J connectivity index is 2.09. The summed E-state index contributed by atoms with van der Waals surface area (Å²) in [5, 5.41) is 0. The maximum Gasteiger partial charge on any atom is 0.119 e. The van der Waals surface area contributed by atoms with Crippen LogP contribution in [0.15, 0.2) is 24.3 Å². The molecule has 0 aromatic heterocycles. The molecule has 1 atom stereocenters. The Labute approximate surface area is 97.6 Å². The predicted octanol–water partition coefficient (Wildman–Crippen LogP) is 2.85. The van der Waals surface area contributed by atoms with Gasteiger partial charge in [0, 0.05) is 12.1 Å². The highest BCUT2D eigenvalue weighted by molar-refractivity contribution is 5.41. The van der Waals surface area contributed by atoms with E-state index in [-0.39, 0.29) is 0 Å². The fraction of sp³-hybridized carbons (Fsp3) is 0.538. The van der Waals surface area contributed by atoms with Gasteiger partial charge in [0.05, 0.1) is 19.3 Å². The van der Waals surface area contributed by atoms with E-state index < -0.39 is 0 Å². The lowest BCUT2D eigenvalue weighted by Crippen LogP contribution is -2.10. The lowest BCUT2D eigenvalue weighted by molar-refractivity contribution is 0.0554. The molecule has 0 saturated carbocycles. The van der Waals surface area contributed by atoms with Gasteiger partial charge >= 0.3 is 0 Å². The van der Waals surface area contributed by atoms with Crippen LogP contribution in [-0.2, 0) is 4.74 Å². The molecule has 90 valence electrons. The summed E-state index contributed by atoms with van der Waals surface area (Å²) in [7, 11) is 0. The first-order valence-corrected chi connectivity index (χ1v) is 5.82. The Kier molecular flexibility index (Phi) is 5.72.